The topological polar surface area (TPSA) is 24.9 Å². The number of pyridine rings is 1. The smallest absolute Gasteiger partial charge is 0.123 e. The highest BCUT2D eigenvalue weighted by molar-refractivity contribution is 5.17. The molecule has 0 aliphatic rings. The minimum atomic E-state index is -0.162. The van der Waals surface area contributed by atoms with Crippen LogP contribution in [0.2, 0.25) is 0 Å². The van der Waals surface area contributed by atoms with Crippen molar-refractivity contribution in [2.45, 2.75) is 32.2 Å². The molecular formula is C17H21FN2. The Hall–Kier alpha value is -1.74. The van der Waals surface area contributed by atoms with Crippen molar-refractivity contribution in [2.75, 3.05) is 6.54 Å². The van der Waals surface area contributed by atoms with E-state index in [4.69, 9.17) is 0 Å². The van der Waals surface area contributed by atoms with Gasteiger partial charge in [-0.1, -0.05) is 25.1 Å². The number of aromatic nitrogens is 1. The molecule has 0 aliphatic heterocycles. The Balaban J connectivity index is 1.93. The zero-order valence-corrected chi connectivity index (χ0v) is 11.8. The van der Waals surface area contributed by atoms with Crippen molar-refractivity contribution in [3.63, 3.8) is 0 Å². The van der Waals surface area contributed by atoms with E-state index in [0.717, 1.165) is 31.4 Å². The third-order valence-corrected chi connectivity index (χ3v) is 3.37. The van der Waals surface area contributed by atoms with E-state index in [1.54, 1.807) is 18.3 Å². The van der Waals surface area contributed by atoms with E-state index in [9.17, 15) is 4.39 Å². The van der Waals surface area contributed by atoms with E-state index < -0.39 is 0 Å². The van der Waals surface area contributed by atoms with Crippen molar-refractivity contribution in [2.24, 2.45) is 0 Å². The molecule has 0 aliphatic carbocycles. The van der Waals surface area contributed by atoms with Gasteiger partial charge in [-0.05, 0) is 55.1 Å². The number of halogens is 1. The van der Waals surface area contributed by atoms with Gasteiger partial charge in [-0.3, -0.25) is 4.98 Å². The largest absolute Gasteiger partial charge is 0.314 e. The van der Waals surface area contributed by atoms with E-state index in [2.05, 4.69) is 23.3 Å². The minimum Gasteiger partial charge on any atom is -0.314 e. The second kappa shape index (κ2) is 7.75. The molecule has 0 saturated heterocycles. The van der Waals surface area contributed by atoms with Crippen LogP contribution in [-0.4, -0.2) is 17.6 Å². The molecule has 0 spiro atoms. The van der Waals surface area contributed by atoms with Gasteiger partial charge in [-0.2, -0.15) is 0 Å². The quantitative estimate of drug-likeness (QED) is 0.836. The molecule has 0 saturated carbocycles. The van der Waals surface area contributed by atoms with Gasteiger partial charge in [0.05, 0.1) is 0 Å². The van der Waals surface area contributed by atoms with E-state index >= 15 is 0 Å². The number of rotatable bonds is 7. The van der Waals surface area contributed by atoms with Crippen molar-refractivity contribution >= 4 is 0 Å². The molecule has 1 atom stereocenters. The van der Waals surface area contributed by atoms with Crippen LogP contribution in [0.15, 0.2) is 48.8 Å². The lowest BCUT2D eigenvalue weighted by Crippen LogP contribution is -2.31. The molecule has 1 aromatic carbocycles. The molecule has 20 heavy (non-hydrogen) atoms. The first-order chi connectivity index (χ1) is 9.78. The lowest BCUT2D eigenvalue weighted by Gasteiger charge is -2.18. The number of nitrogens with zero attached hydrogens (tertiary/aromatic N) is 1. The Morgan fingerprint density at radius 1 is 1.20 bits per heavy atom. The van der Waals surface area contributed by atoms with Gasteiger partial charge >= 0.3 is 0 Å². The summed E-state index contributed by atoms with van der Waals surface area (Å²) in [5.74, 6) is -0.162. The molecule has 1 aromatic heterocycles. The molecule has 2 aromatic rings. The molecule has 0 fully saturated rings. The third kappa shape index (κ3) is 4.74. The molecule has 2 rings (SSSR count). The van der Waals surface area contributed by atoms with Gasteiger partial charge in [-0.15, -0.1) is 0 Å². The van der Waals surface area contributed by atoms with Crippen molar-refractivity contribution in [1.29, 1.82) is 0 Å². The Morgan fingerprint density at radius 2 is 2.05 bits per heavy atom. The maximum atomic E-state index is 13.2. The maximum Gasteiger partial charge on any atom is 0.123 e. The summed E-state index contributed by atoms with van der Waals surface area (Å²) in [6, 6.07) is 11.3. The van der Waals surface area contributed by atoms with Gasteiger partial charge in [0.25, 0.3) is 0 Å². The van der Waals surface area contributed by atoms with E-state index in [1.165, 1.54) is 11.6 Å². The number of benzene rings is 1. The lowest BCUT2D eigenvalue weighted by atomic mass is 9.99. The van der Waals surface area contributed by atoms with Crippen LogP contribution in [-0.2, 0) is 12.8 Å². The van der Waals surface area contributed by atoms with Crippen molar-refractivity contribution < 1.29 is 4.39 Å². The highest BCUT2D eigenvalue weighted by Crippen LogP contribution is 2.11. The lowest BCUT2D eigenvalue weighted by molar-refractivity contribution is 0.489. The molecular weight excluding hydrogens is 251 g/mol. The summed E-state index contributed by atoms with van der Waals surface area (Å²) in [5.41, 5.74) is 2.29. The maximum absolute atomic E-state index is 13.2. The number of nitrogens with one attached hydrogen (secondary N) is 1. The number of aryl methyl sites for hydroxylation is 1. The molecule has 1 heterocycles. The van der Waals surface area contributed by atoms with Crippen LogP contribution in [0.5, 0.6) is 0 Å². The summed E-state index contributed by atoms with van der Waals surface area (Å²) < 4.78 is 13.2. The van der Waals surface area contributed by atoms with Gasteiger partial charge in [0, 0.05) is 18.4 Å². The Bertz CT molecular complexity index is 513. The van der Waals surface area contributed by atoms with Gasteiger partial charge in [-0.25, -0.2) is 4.39 Å². The van der Waals surface area contributed by atoms with Gasteiger partial charge in [0.15, 0.2) is 0 Å². The molecule has 2 nitrogen and oxygen atoms in total. The summed E-state index contributed by atoms with van der Waals surface area (Å²) >= 11 is 0. The molecule has 0 amide bonds. The number of hydrogen-bond donors (Lipinski definition) is 1. The Labute approximate surface area is 120 Å². The van der Waals surface area contributed by atoms with Crippen LogP contribution in [0.25, 0.3) is 0 Å². The molecule has 1 unspecified atom stereocenters. The fourth-order valence-corrected chi connectivity index (χ4v) is 2.40. The average molecular weight is 272 g/mol. The second-order valence-corrected chi connectivity index (χ2v) is 4.99. The van der Waals surface area contributed by atoms with Gasteiger partial charge in [0.2, 0.25) is 0 Å². The predicted molar refractivity (Wildman–Crippen MR) is 80.1 cm³/mol. The van der Waals surface area contributed by atoms with Crippen LogP contribution >= 0.6 is 0 Å². The zero-order chi connectivity index (χ0) is 14.2. The van der Waals surface area contributed by atoms with Crippen molar-refractivity contribution in [3.8, 4) is 0 Å². The van der Waals surface area contributed by atoms with Gasteiger partial charge in [0.1, 0.15) is 5.82 Å². The highest BCUT2D eigenvalue weighted by atomic mass is 19.1. The number of hydrogen-bond acceptors (Lipinski definition) is 2. The highest BCUT2D eigenvalue weighted by Gasteiger charge is 2.09. The van der Waals surface area contributed by atoms with E-state index in [-0.39, 0.29) is 5.82 Å². The summed E-state index contributed by atoms with van der Waals surface area (Å²) in [4.78, 5) is 4.13. The fourth-order valence-electron chi connectivity index (χ4n) is 2.40. The zero-order valence-electron chi connectivity index (χ0n) is 11.8. The number of likely N-dealkylation sites (N-methyl/N-ethyl adjacent to an activating group) is 1. The van der Waals surface area contributed by atoms with Crippen LogP contribution in [0, 0.1) is 5.82 Å². The third-order valence-electron chi connectivity index (χ3n) is 3.37. The molecule has 3 heteroatoms. The van der Waals surface area contributed by atoms with Crippen LogP contribution in [0.4, 0.5) is 4.39 Å². The monoisotopic (exact) mass is 272 g/mol. The SMILES string of the molecule is CCNC(CCc1cccnc1)Cc1cccc(F)c1. The van der Waals surface area contributed by atoms with Crippen molar-refractivity contribution in [3.05, 3.63) is 65.7 Å². The van der Waals surface area contributed by atoms with E-state index in [0.29, 0.717) is 6.04 Å². The molecule has 0 bridgehead atoms. The average Bonchev–Trinajstić information content (AvgIpc) is 2.46. The Kier molecular flexibility index (Phi) is 5.69. The summed E-state index contributed by atoms with van der Waals surface area (Å²) in [5, 5.41) is 3.48. The summed E-state index contributed by atoms with van der Waals surface area (Å²) in [6.07, 6.45) is 6.56. The molecule has 106 valence electrons. The van der Waals surface area contributed by atoms with Crippen LogP contribution in [0.3, 0.4) is 0 Å². The Morgan fingerprint density at radius 3 is 2.75 bits per heavy atom. The first-order valence-electron chi connectivity index (χ1n) is 7.14. The summed E-state index contributed by atoms with van der Waals surface area (Å²) in [7, 11) is 0. The normalized spacial score (nSPS) is 12.3. The van der Waals surface area contributed by atoms with Crippen LogP contribution in [0.1, 0.15) is 24.5 Å². The van der Waals surface area contributed by atoms with E-state index in [1.807, 2.05) is 18.3 Å². The first kappa shape index (κ1) is 14.7. The fraction of sp³-hybridized carbons (Fsp3) is 0.353. The minimum absolute atomic E-state index is 0.162. The van der Waals surface area contributed by atoms with Crippen molar-refractivity contribution in [1.82, 2.24) is 10.3 Å². The summed E-state index contributed by atoms with van der Waals surface area (Å²) in [6.45, 7) is 3.02. The first-order valence-corrected chi connectivity index (χ1v) is 7.14. The second-order valence-electron chi connectivity index (χ2n) is 4.99. The molecule has 1 N–H and O–H groups in total. The molecule has 0 radical (unpaired) electrons. The standard InChI is InChI=1S/C17H21FN2/c1-2-20-17(9-8-14-6-4-10-19-13-14)12-15-5-3-7-16(18)11-15/h3-7,10-11,13,17,20H,2,8-9,12H2,1H3. The van der Waals surface area contributed by atoms with Crippen LogP contribution < -0.4 is 5.32 Å². The predicted octanol–water partition coefficient (Wildman–Crippen LogP) is 3.37. The van der Waals surface area contributed by atoms with Gasteiger partial charge < -0.3 is 5.32 Å².